The molecule has 22 heavy (non-hydrogen) atoms. The van der Waals surface area contributed by atoms with Crippen molar-refractivity contribution in [1.29, 1.82) is 0 Å². The standard InChI is InChI=1S/C15H21N5O2/c1-4-5-6-20-18-15(17-19-20)16-14(21)10-22-13-8-11(2)7-12(3)9-13/h7-9H,4-6,10H2,1-3H3,(H,16,18,21). The van der Waals surface area contributed by atoms with Gasteiger partial charge in [-0.1, -0.05) is 24.5 Å². The van der Waals surface area contributed by atoms with E-state index in [1.165, 1.54) is 4.80 Å². The number of hydrogen-bond donors (Lipinski definition) is 1. The van der Waals surface area contributed by atoms with Crippen molar-refractivity contribution in [3.8, 4) is 5.75 Å². The van der Waals surface area contributed by atoms with E-state index in [9.17, 15) is 4.79 Å². The van der Waals surface area contributed by atoms with Gasteiger partial charge in [-0.05, 0) is 48.7 Å². The van der Waals surface area contributed by atoms with Gasteiger partial charge in [-0.2, -0.15) is 4.80 Å². The van der Waals surface area contributed by atoms with Crippen LogP contribution >= 0.6 is 0 Å². The zero-order chi connectivity index (χ0) is 15.9. The number of anilines is 1. The maximum absolute atomic E-state index is 11.8. The van der Waals surface area contributed by atoms with E-state index < -0.39 is 0 Å². The van der Waals surface area contributed by atoms with Crippen molar-refractivity contribution < 1.29 is 9.53 Å². The monoisotopic (exact) mass is 303 g/mol. The van der Waals surface area contributed by atoms with Crippen LogP contribution in [0.1, 0.15) is 30.9 Å². The summed E-state index contributed by atoms with van der Waals surface area (Å²) in [6.07, 6.45) is 2.02. The highest BCUT2D eigenvalue weighted by atomic mass is 16.5. The number of aryl methyl sites for hydroxylation is 3. The Bertz CT molecular complexity index is 618. The Balaban J connectivity index is 1.83. The summed E-state index contributed by atoms with van der Waals surface area (Å²) in [7, 11) is 0. The summed E-state index contributed by atoms with van der Waals surface area (Å²) in [6, 6.07) is 5.82. The van der Waals surface area contributed by atoms with E-state index in [2.05, 4.69) is 27.7 Å². The lowest BCUT2D eigenvalue weighted by Gasteiger charge is -2.07. The van der Waals surface area contributed by atoms with Crippen molar-refractivity contribution in [3.05, 3.63) is 29.3 Å². The van der Waals surface area contributed by atoms with Gasteiger partial charge in [0.15, 0.2) is 6.61 Å². The minimum Gasteiger partial charge on any atom is -0.484 e. The van der Waals surface area contributed by atoms with Crippen molar-refractivity contribution >= 4 is 11.9 Å². The molecule has 2 aromatic rings. The number of unbranched alkanes of at least 4 members (excludes halogenated alkanes) is 1. The minimum atomic E-state index is -0.311. The smallest absolute Gasteiger partial charge is 0.270 e. The van der Waals surface area contributed by atoms with Crippen molar-refractivity contribution in [2.45, 2.75) is 40.2 Å². The first-order valence-electron chi connectivity index (χ1n) is 7.35. The van der Waals surface area contributed by atoms with Crippen LogP contribution in [-0.2, 0) is 11.3 Å². The summed E-state index contributed by atoms with van der Waals surface area (Å²) in [5.41, 5.74) is 2.19. The topological polar surface area (TPSA) is 81.9 Å². The molecule has 0 fully saturated rings. The Morgan fingerprint density at radius 1 is 1.27 bits per heavy atom. The molecule has 0 aliphatic heterocycles. The average molecular weight is 303 g/mol. The number of carbonyl (C=O) groups is 1. The van der Waals surface area contributed by atoms with E-state index in [-0.39, 0.29) is 18.5 Å². The van der Waals surface area contributed by atoms with E-state index in [4.69, 9.17) is 4.74 Å². The van der Waals surface area contributed by atoms with Crippen LogP contribution in [0, 0.1) is 13.8 Å². The molecule has 1 heterocycles. The third kappa shape index (κ3) is 4.83. The van der Waals surface area contributed by atoms with Crippen LogP contribution < -0.4 is 10.1 Å². The maximum atomic E-state index is 11.8. The molecule has 1 aromatic carbocycles. The molecule has 1 N–H and O–H groups in total. The highest BCUT2D eigenvalue weighted by molar-refractivity contribution is 5.90. The Morgan fingerprint density at radius 2 is 2.00 bits per heavy atom. The minimum absolute atomic E-state index is 0.0909. The lowest BCUT2D eigenvalue weighted by atomic mass is 10.1. The first-order chi connectivity index (χ1) is 10.6. The molecule has 0 radical (unpaired) electrons. The van der Waals surface area contributed by atoms with Gasteiger partial charge in [-0.15, -0.1) is 5.10 Å². The number of nitrogens with zero attached hydrogens (tertiary/aromatic N) is 4. The number of amides is 1. The van der Waals surface area contributed by atoms with Crippen molar-refractivity contribution in [1.82, 2.24) is 20.2 Å². The molecule has 118 valence electrons. The fraction of sp³-hybridized carbons (Fsp3) is 0.467. The molecule has 0 aliphatic carbocycles. The molecular weight excluding hydrogens is 282 g/mol. The zero-order valence-electron chi connectivity index (χ0n) is 13.2. The lowest BCUT2D eigenvalue weighted by molar-refractivity contribution is -0.118. The van der Waals surface area contributed by atoms with Crippen LogP contribution in [0.15, 0.2) is 18.2 Å². The summed E-state index contributed by atoms with van der Waals surface area (Å²) in [4.78, 5) is 13.3. The summed E-state index contributed by atoms with van der Waals surface area (Å²) < 4.78 is 5.48. The second kappa shape index (κ2) is 7.53. The number of aromatic nitrogens is 4. The fourth-order valence-electron chi connectivity index (χ4n) is 2.01. The van der Waals surface area contributed by atoms with Gasteiger partial charge in [-0.3, -0.25) is 10.1 Å². The van der Waals surface area contributed by atoms with E-state index in [1.807, 2.05) is 32.0 Å². The Hall–Kier alpha value is -2.44. The maximum Gasteiger partial charge on any atom is 0.270 e. The highest BCUT2D eigenvalue weighted by Gasteiger charge is 2.08. The first-order valence-corrected chi connectivity index (χ1v) is 7.35. The van der Waals surface area contributed by atoms with Crippen LogP contribution in [0.3, 0.4) is 0 Å². The number of hydrogen-bond acceptors (Lipinski definition) is 5. The number of nitrogens with one attached hydrogen (secondary N) is 1. The van der Waals surface area contributed by atoms with Gasteiger partial charge in [-0.25, -0.2) is 0 Å². The zero-order valence-corrected chi connectivity index (χ0v) is 13.2. The van der Waals surface area contributed by atoms with E-state index >= 15 is 0 Å². The molecule has 1 amide bonds. The molecule has 0 atom stereocenters. The number of carbonyl (C=O) groups excluding carboxylic acids is 1. The second-order valence-corrected chi connectivity index (χ2v) is 5.22. The summed E-state index contributed by atoms with van der Waals surface area (Å²) in [6.45, 7) is 6.66. The van der Waals surface area contributed by atoms with Gasteiger partial charge >= 0.3 is 0 Å². The highest BCUT2D eigenvalue weighted by Crippen LogP contribution is 2.16. The summed E-state index contributed by atoms with van der Waals surface area (Å²) in [5.74, 6) is 0.562. The van der Waals surface area contributed by atoms with Gasteiger partial charge in [0.1, 0.15) is 5.75 Å². The third-order valence-corrected chi connectivity index (χ3v) is 2.98. The molecule has 0 saturated carbocycles. The van der Waals surface area contributed by atoms with E-state index in [0.29, 0.717) is 12.3 Å². The van der Waals surface area contributed by atoms with Gasteiger partial charge < -0.3 is 4.74 Å². The number of ether oxygens (including phenoxy) is 1. The Kier molecular flexibility index (Phi) is 5.46. The van der Waals surface area contributed by atoms with Gasteiger partial charge in [0.2, 0.25) is 0 Å². The molecule has 0 spiro atoms. The van der Waals surface area contributed by atoms with Crippen molar-refractivity contribution in [2.24, 2.45) is 0 Å². The second-order valence-electron chi connectivity index (χ2n) is 5.22. The number of rotatable bonds is 7. The van der Waals surface area contributed by atoms with E-state index in [1.54, 1.807) is 0 Å². The molecule has 7 nitrogen and oxygen atoms in total. The van der Waals surface area contributed by atoms with Crippen LogP contribution in [0.25, 0.3) is 0 Å². The quantitative estimate of drug-likeness (QED) is 0.847. The molecule has 7 heteroatoms. The van der Waals surface area contributed by atoms with Crippen LogP contribution in [0.2, 0.25) is 0 Å². The molecule has 0 bridgehead atoms. The summed E-state index contributed by atoms with van der Waals surface area (Å²) >= 11 is 0. The normalized spacial score (nSPS) is 10.5. The van der Waals surface area contributed by atoms with Crippen LogP contribution in [0.5, 0.6) is 5.75 Å². The third-order valence-electron chi connectivity index (χ3n) is 2.98. The molecule has 0 aliphatic rings. The predicted octanol–water partition coefficient (Wildman–Crippen LogP) is 2.11. The van der Waals surface area contributed by atoms with Gasteiger partial charge in [0.25, 0.3) is 11.9 Å². The number of benzene rings is 1. The first kappa shape index (κ1) is 15.9. The Labute approximate surface area is 129 Å². The Morgan fingerprint density at radius 3 is 2.68 bits per heavy atom. The lowest BCUT2D eigenvalue weighted by Crippen LogP contribution is -2.21. The van der Waals surface area contributed by atoms with Crippen LogP contribution in [0.4, 0.5) is 5.95 Å². The van der Waals surface area contributed by atoms with Crippen molar-refractivity contribution in [2.75, 3.05) is 11.9 Å². The average Bonchev–Trinajstić information content (AvgIpc) is 2.89. The largest absolute Gasteiger partial charge is 0.484 e. The van der Waals surface area contributed by atoms with Gasteiger partial charge in [0, 0.05) is 0 Å². The fourth-order valence-corrected chi connectivity index (χ4v) is 2.01. The summed E-state index contributed by atoms with van der Waals surface area (Å²) in [5, 5.41) is 14.3. The van der Waals surface area contributed by atoms with Gasteiger partial charge in [0.05, 0.1) is 6.54 Å². The molecular formula is C15H21N5O2. The molecule has 2 rings (SSSR count). The van der Waals surface area contributed by atoms with Crippen molar-refractivity contribution in [3.63, 3.8) is 0 Å². The number of tetrazole rings is 1. The van der Waals surface area contributed by atoms with Crippen LogP contribution in [-0.4, -0.2) is 32.7 Å². The molecule has 0 saturated heterocycles. The molecule has 1 aromatic heterocycles. The SMILES string of the molecule is CCCCn1nnc(NC(=O)COc2cc(C)cc(C)c2)n1. The predicted molar refractivity (Wildman–Crippen MR) is 82.8 cm³/mol. The molecule has 0 unspecified atom stereocenters. The van der Waals surface area contributed by atoms with E-state index in [0.717, 1.165) is 24.0 Å².